The molecule has 6 N–H and O–H groups in total. The summed E-state index contributed by atoms with van der Waals surface area (Å²) < 4.78 is 11.2. The molecule has 0 aliphatic rings. The van der Waals surface area contributed by atoms with Gasteiger partial charge in [-0.1, -0.05) is 48.2 Å². The average Bonchev–Trinajstić information content (AvgIpc) is 3.32. The first-order chi connectivity index (χ1) is 16.4. The summed E-state index contributed by atoms with van der Waals surface area (Å²) in [5.41, 5.74) is 2.12. The highest BCUT2D eigenvalue weighted by atomic mass is 32.2. The van der Waals surface area contributed by atoms with Gasteiger partial charge in [-0.3, -0.25) is 4.79 Å². The normalized spacial score (nSPS) is 15.2. The number of nitrogens with zero attached hydrogens (tertiary/aromatic N) is 3. The molecule has 0 unspecified atom stereocenters. The number of rotatable bonds is 12. The Hall–Kier alpha value is -3.07. The van der Waals surface area contributed by atoms with E-state index >= 15 is 0 Å². The zero-order valence-corrected chi connectivity index (χ0v) is 18.6. The highest BCUT2D eigenvalue weighted by Gasteiger charge is 2.29. The first kappa shape index (κ1) is 25.6. The van der Waals surface area contributed by atoms with Crippen LogP contribution in [0.5, 0.6) is 5.75 Å². The Labute approximate surface area is 197 Å². The number of hydrogen-bond acceptors (Lipinski definition) is 12. The molecular formula is C21H24N4O8S. The first-order valence-electron chi connectivity index (χ1n) is 10.1. The van der Waals surface area contributed by atoms with Crippen molar-refractivity contribution in [1.82, 2.24) is 15.6 Å². The maximum absolute atomic E-state index is 11.9. The van der Waals surface area contributed by atoms with Crippen molar-refractivity contribution in [3.63, 3.8) is 0 Å². The van der Waals surface area contributed by atoms with Crippen LogP contribution in [-0.4, -0.2) is 84.6 Å². The SMILES string of the molecule is O=C(CSc1nnc(COc2cccc3ccccc23)o1)N/N=C/[C@H](O)[C@@H](O)[C@@H](O)[C@H](O)CO. The van der Waals surface area contributed by atoms with Crippen molar-refractivity contribution >= 4 is 34.7 Å². The topological polar surface area (TPSA) is 191 Å². The number of aromatic nitrogens is 2. The Morgan fingerprint density at radius 2 is 1.88 bits per heavy atom. The van der Waals surface area contributed by atoms with Gasteiger partial charge in [0, 0.05) is 5.39 Å². The molecule has 1 amide bonds. The molecule has 0 saturated heterocycles. The minimum Gasteiger partial charge on any atom is -0.483 e. The van der Waals surface area contributed by atoms with Crippen LogP contribution in [0.15, 0.2) is 57.2 Å². The van der Waals surface area contributed by atoms with Crippen LogP contribution in [0.25, 0.3) is 10.8 Å². The fourth-order valence-corrected chi connectivity index (χ4v) is 3.36. The summed E-state index contributed by atoms with van der Waals surface area (Å²) in [5, 5.41) is 60.2. The Morgan fingerprint density at radius 1 is 1.12 bits per heavy atom. The maximum atomic E-state index is 11.9. The summed E-state index contributed by atoms with van der Waals surface area (Å²) in [4.78, 5) is 11.9. The van der Waals surface area contributed by atoms with E-state index < -0.39 is 36.9 Å². The summed E-state index contributed by atoms with van der Waals surface area (Å²) in [5.74, 6) is 0.210. The number of benzene rings is 2. The number of ether oxygens (including phenoxy) is 1. The van der Waals surface area contributed by atoms with E-state index in [1.807, 2.05) is 42.5 Å². The molecule has 1 aromatic heterocycles. The highest BCUT2D eigenvalue weighted by Crippen LogP contribution is 2.26. The second-order valence-electron chi connectivity index (χ2n) is 7.05. The van der Waals surface area contributed by atoms with E-state index in [4.69, 9.17) is 14.3 Å². The van der Waals surface area contributed by atoms with Crippen LogP contribution in [-0.2, 0) is 11.4 Å². The Kier molecular flexibility index (Phi) is 9.33. The largest absolute Gasteiger partial charge is 0.483 e. The van der Waals surface area contributed by atoms with Gasteiger partial charge in [0.15, 0.2) is 6.61 Å². The molecule has 1 heterocycles. The van der Waals surface area contributed by atoms with Gasteiger partial charge >= 0.3 is 0 Å². The number of aliphatic hydroxyl groups is 5. The van der Waals surface area contributed by atoms with Gasteiger partial charge in [-0.15, -0.1) is 10.2 Å². The van der Waals surface area contributed by atoms with Gasteiger partial charge in [-0.25, -0.2) is 5.43 Å². The second kappa shape index (κ2) is 12.4. The van der Waals surface area contributed by atoms with Crippen LogP contribution in [0, 0.1) is 0 Å². The fourth-order valence-electron chi connectivity index (χ4n) is 2.79. The third kappa shape index (κ3) is 6.96. The van der Waals surface area contributed by atoms with Gasteiger partial charge in [0.25, 0.3) is 17.0 Å². The minimum absolute atomic E-state index is 0.0507. The van der Waals surface area contributed by atoms with Gasteiger partial charge in [0.1, 0.15) is 30.2 Å². The van der Waals surface area contributed by atoms with Gasteiger partial charge in [-0.2, -0.15) is 5.10 Å². The lowest BCUT2D eigenvalue weighted by atomic mass is 10.0. The highest BCUT2D eigenvalue weighted by molar-refractivity contribution is 7.99. The van der Waals surface area contributed by atoms with Crippen molar-refractivity contribution < 1.29 is 39.5 Å². The lowest BCUT2D eigenvalue weighted by Crippen LogP contribution is -2.46. The molecule has 4 atom stereocenters. The van der Waals surface area contributed by atoms with Crippen molar-refractivity contribution in [2.45, 2.75) is 36.2 Å². The molecule has 182 valence electrons. The van der Waals surface area contributed by atoms with Crippen molar-refractivity contribution in [2.75, 3.05) is 12.4 Å². The van der Waals surface area contributed by atoms with Gasteiger partial charge in [0.2, 0.25) is 0 Å². The quantitative estimate of drug-likeness (QED) is 0.108. The molecule has 3 aromatic rings. The van der Waals surface area contributed by atoms with Crippen LogP contribution in [0.3, 0.4) is 0 Å². The predicted molar refractivity (Wildman–Crippen MR) is 121 cm³/mol. The van der Waals surface area contributed by atoms with Crippen molar-refractivity contribution in [3.05, 3.63) is 48.4 Å². The molecule has 0 spiro atoms. The predicted octanol–water partition coefficient (Wildman–Crippen LogP) is -0.568. The van der Waals surface area contributed by atoms with E-state index in [9.17, 15) is 25.2 Å². The van der Waals surface area contributed by atoms with E-state index in [1.165, 1.54) is 0 Å². The zero-order valence-electron chi connectivity index (χ0n) is 17.8. The summed E-state index contributed by atoms with van der Waals surface area (Å²) >= 11 is 0.956. The molecule has 0 bridgehead atoms. The maximum Gasteiger partial charge on any atom is 0.277 e. The lowest BCUT2D eigenvalue weighted by molar-refractivity contribution is -0.118. The Balaban J connectivity index is 1.43. The summed E-state index contributed by atoms with van der Waals surface area (Å²) in [6.45, 7) is -0.752. The Morgan fingerprint density at radius 3 is 2.68 bits per heavy atom. The molecule has 0 saturated carbocycles. The third-order valence-corrected chi connectivity index (χ3v) is 5.39. The molecule has 2 aromatic carbocycles. The first-order valence-corrected chi connectivity index (χ1v) is 11.1. The van der Waals surface area contributed by atoms with Crippen molar-refractivity contribution in [3.8, 4) is 5.75 Å². The number of aliphatic hydroxyl groups excluding tert-OH is 5. The molecule has 0 aliphatic carbocycles. The number of carbonyl (C=O) groups is 1. The monoisotopic (exact) mass is 492 g/mol. The van der Waals surface area contributed by atoms with Crippen LogP contribution in [0.2, 0.25) is 0 Å². The average molecular weight is 493 g/mol. The van der Waals surface area contributed by atoms with Gasteiger partial charge < -0.3 is 34.7 Å². The van der Waals surface area contributed by atoms with E-state index in [0.717, 1.165) is 28.7 Å². The summed E-state index contributed by atoms with van der Waals surface area (Å²) in [6, 6.07) is 13.5. The smallest absolute Gasteiger partial charge is 0.277 e. The van der Waals surface area contributed by atoms with Crippen LogP contribution >= 0.6 is 11.8 Å². The molecule has 0 fully saturated rings. The van der Waals surface area contributed by atoms with Crippen LogP contribution in [0.1, 0.15) is 5.89 Å². The molecular weight excluding hydrogens is 468 g/mol. The molecule has 13 heteroatoms. The zero-order chi connectivity index (χ0) is 24.5. The number of fused-ring (bicyclic) bond motifs is 1. The van der Waals surface area contributed by atoms with Gasteiger partial charge in [-0.05, 0) is 11.5 Å². The Bertz CT molecular complexity index is 1110. The molecule has 0 radical (unpaired) electrons. The number of carbonyl (C=O) groups excluding carboxylic acids is 1. The van der Waals surface area contributed by atoms with Crippen molar-refractivity contribution in [2.24, 2.45) is 5.10 Å². The van der Waals surface area contributed by atoms with Crippen LogP contribution in [0.4, 0.5) is 0 Å². The van der Waals surface area contributed by atoms with Gasteiger partial charge in [0.05, 0.1) is 18.6 Å². The summed E-state index contributed by atoms with van der Waals surface area (Å²) in [7, 11) is 0. The number of amides is 1. The van der Waals surface area contributed by atoms with E-state index in [1.54, 1.807) is 0 Å². The molecule has 3 rings (SSSR count). The number of thioether (sulfide) groups is 1. The fraction of sp³-hybridized carbons (Fsp3) is 0.333. The van der Waals surface area contributed by atoms with E-state index in [2.05, 4.69) is 20.7 Å². The van der Waals surface area contributed by atoms with Crippen molar-refractivity contribution in [1.29, 1.82) is 0 Å². The molecule has 12 nitrogen and oxygen atoms in total. The lowest BCUT2D eigenvalue weighted by Gasteiger charge is -2.23. The molecule has 0 aliphatic heterocycles. The number of nitrogens with one attached hydrogen (secondary N) is 1. The van der Waals surface area contributed by atoms with E-state index in [-0.39, 0.29) is 23.5 Å². The summed E-state index contributed by atoms with van der Waals surface area (Å²) in [6.07, 6.45) is -6.17. The van der Waals surface area contributed by atoms with Crippen LogP contribution < -0.4 is 10.2 Å². The standard InChI is InChI=1S/C21H24N4O8S/c26-9-15(28)20(31)19(30)14(27)8-22-23-17(29)11-34-21-25-24-18(33-21)10-32-16-7-3-5-12-4-1-2-6-13(12)16/h1-8,14-15,19-20,26-28,30-31H,9-11H2,(H,23,29)/b22-8+/t14-,15+,19+,20-/m0/s1. The number of hydrogen-bond donors (Lipinski definition) is 6. The van der Waals surface area contributed by atoms with E-state index in [0.29, 0.717) is 5.75 Å². The third-order valence-electron chi connectivity index (χ3n) is 4.57. The number of hydrazone groups is 1. The molecule has 34 heavy (non-hydrogen) atoms. The minimum atomic E-state index is -1.81. The second-order valence-corrected chi connectivity index (χ2v) is 7.98.